The van der Waals surface area contributed by atoms with Gasteiger partial charge in [0.2, 0.25) is 0 Å². The van der Waals surface area contributed by atoms with Crippen molar-refractivity contribution in [2.24, 2.45) is 0 Å². The zero-order valence-electron chi connectivity index (χ0n) is 16.2. The topological polar surface area (TPSA) is 100 Å². The summed E-state index contributed by atoms with van der Waals surface area (Å²) in [7, 11) is 0. The van der Waals surface area contributed by atoms with E-state index >= 15 is 0 Å². The molecule has 3 rings (SSSR count). The van der Waals surface area contributed by atoms with Crippen LogP contribution in [0.1, 0.15) is 23.2 Å². The molecule has 1 aliphatic heterocycles. The first kappa shape index (κ1) is 22.2. The molecule has 1 saturated heterocycles. The molecule has 166 valence electrons. The van der Waals surface area contributed by atoms with Crippen molar-refractivity contribution in [3.8, 4) is 11.5 Å². The molecule has 0 radical (unpaired) electrons. The smallest absolute Gasteiger partial charge is 0.490 e. The van der Waals surface area contributed by atoms with Crippen molar-refractivity contribution in [2.45, 2.75) is 25.3 Å². The van der Waals surface area contributed by atoms with Crippen LogP contribution in [0.2, 0.25) is 0 Å². The number of carboxylic acid groups (broad SMARTS) is 1. The second kappa shape index (κ2) is 9.56. The van der Waals surface area contributed by atoms with Crippen molar-refractivity contribution < 1.29 is 37.3 Å². The van der Waals surface area contributed by atoms with E-state index in [1.54, 1.807) is 17.1 Å². The minimum Gasteiger partial charge on any atom is -0.490 e. The number of amides is 2. The SMILES string of the molecule is O=C(Nc1ccc(OC(F)(F)F)cc1)NN1CCC(Oc2ccc(C(=O)O)cc2)CC1. The molecule has 2 aromatic carbocycles. The third-order valence-electron chi connectivity index (χ3n) is 4.45. The number of rotatable bonds is 6. The zero-order valence-corrected chi connectivity index (χ0v) is 16.2. The molecule has 2 aromatic rings. The lowest BCUT2D eigenvalue weighted by Gasteiger charge is -2.32. The summed E-state index contributed by atoms with van der Waals surface area (Å²) >= 11 is 0. The first-order valence-electron chi connectivity index (χ1n) is 9.36. The van der Waals surface area contributed by atoms with Gasteiger partial charge in [-0.2, -0.15) is 0 Å². The van der Waals surface area contributed by atoms with Crippen LogP contribution in [0.25, 0.3) is 0 Å². The highest BCUT2D eigenvalue weighted by atomic mass is 19.4. The maximum atomic E-state index is 12.2. The molecule has 1 fully saturated rings. The fourth-order valence-electron chi connectivity index (χ4n) is 3.00. The van der Waals surface area contributed by atoms with E-state index in [-0.39, 0.29) is 17.4 Å². The molecule has 2 amide bonds. The van der Waals surface area contributed by atoms with E-state index in [1.165, 1.54) is 24.3 Å². The molecule has 3 N–H and O–H groups in total. The van der Waals surface area contributed by atoms with Crippen LogP contribution >= 0.6 is 0 Å². The lowest BCUT2D eigenvalue weighted by Crippen LogP contribution is -2.49. The summed E-state index contributed by atoms with van der Waals surface area (Å²) in [5.74, 6) is -0.806. The third kappa shape index (κ3) is 7.07. The van der Waals surface area contributed by atoms with Gasteiger partial charge < -0.3 is 19.9 Å². The van der Waals surface area contributed by atoms with E-state index in [0.29, 0.717) is 37.4 Å². The van der Waals surface area contributed by atoms with Gasteiger partial charge in [-0.25, -0.2) is 14.6 Å². The Bertz CT molecular complexity index is 896. The van der Waals surface area contributed by atoms with Crippen LogP contribution in [-0.4, -0.2) is 47.7 Å². The number of urea groups is 1. The van der Waals surface area contributed by atoms with Crippen LogP contribution in [0.15, 0.2) is 48.5 Å². The van der Waals surface area contributed by atoms with Gasteiger partial charge in [0.1, 0.15) is 17.6 Å². The molecule has 0 atom stereocenters. The van der Waals surface area contributed by atoms with E-state index in [9.17, 15) is 22.8 Å². The van der Waals surface area contributed by atoms with Gasteiger partial charge in [0.25, 0.3) is 0 Å². The summed E-state index contributed by atoms with van der Waals surface area (Å²) in [6.07, 6.45) is -3.56. The van der Waals surface area contributed by atoms with Crippen LogP contribution in [-0.2, 0) is 0 Å². The van der Waals surface area contributed by atoms with Crippen molar-refractivity contribution in [1.29, 1.82) is 0 Å². The number of carbonyl (C=O) groups excluding carboxylic acids is 1. The predicted octanol–water partition coefficient (Wildman–Crippen LogP) is 3.86. The van der Waals surface area contributed by atoms with Gasteiger partial charge in [-0.05, 0) is 61.4 Å². The maximum Gasteiger partial charge on any atom is 0.573 e. The number of carboxylic acids is 1. The summed E-state index contributed by atoms with van der Waals surface area (Å²) in [6.45, 7) is 1.06. The number of alkyl halides is 3. The molecule has 0 spiro atoms. The van der Waals surface area contributed by atoms with E-state index in [1.807, 2.05) is 0 Å². The van der Waals surface area contributed by atoms with Crippen molar-refractivity contribution in [3.05, 3.63) is 54.1 Å². The molecule has 0 unspecified atom stereocenters. The average Bonchev–Trinajstić information content (AvgIpc) is 2.70. The Labute approximate surface area is 175 Å². The Kier molecular flexibility index (Phi) is 6.85. The monoisotopic (exact) mass is 439 g/mol. The number of hydrogen-bond acceptors (Lipinski definition) is 5. The zero-order chi connectivity index (χ0) is 22.4. The summed E-state index contributed by atoms with van der Waals surface area (Å²) in [5.41, 5.74) is 3.17. The van der Waals surface area contributed by atoms with Gasteiger partial charge in [0.05, 0.1) is 5.56 Å². The van der Waals surface area contributed by atoms with Gasteiger partial charge >= 0.3 is 18.4 Å². The molecule has 0 aliphatic carbocycles. The molecular weight excluding hydrogens is 419 g/mol. The van der Waals surface area contributed by atoms with Crippen LogP contribution < -0.4 is 20.2 Å². The molecule has 1 aliphatic rings. The number of hydrazine groups is 1. The summed E-state index contributed by atoms with van der Waals surface area (Å²) in [4.78, 5) is 23.0. The number of ether oxygens (including phenoxy) is 2. The van der Waals surface area contributed by atoms with Crippen LogP contribution in [0.4, 0.5) is 23.7 Å². The largest absolute Gasteiger partial charge is 0.573 e. The lowest BCUT2D eigenvalue weighted by atomic mass is 10.1. The minimum absolute atomic E-state index is 0.0713. The molecule has 0 aromatic heterocycles. The molecule has 11 heteroatoms. The number of aromatic carboxylic acids is 1. The molecular formula is C20H20F3N3O5. The molecule has 0 bridgehead atoms. The number of nitrogens with zero attached hydrogens (tertiary/aromatic N) is 1. The highest BCUT2D eigenvalue weighted by molar-refractivity contribution is 5.89. The standard InChI is InChI=1S/C20H20F3N3O5/c21-20(22,23)31-17-7-3-14(4-8-17)24-19(29)25-26-11-9-16(10-12-26)30-15-5-1-13(2-6-15)18(27)28/h1-8,16H,9-12H2,(H,27,28)(H2,24,25,29). The van der Waals surface area contributed by atoms with Gasteiger partial charge in [-0.3, -0.25) is 5.43 Å². The van der Waals surface area contributed by atoms with Crippen molar-refractivity contribution >= 4 is 17.7 Å². The summed E-state index contributed by atoms with van der Waals surface area (Å²) in [6, 6.07) is 10.4. The Balaban J connectivity index is 1.41. The average molecular weight is 439 g/mol. The number of piperidine rings is 1. The van der Waals surface area contributed by atoms with Crippen molar-refractivity contribution in [3.63, 3.8) is 0 Å². The van der Waals surface area contributed by atoms with E-state index in [2.05, 4.69) is 15.5 Å². The van der Waals surface area contributed by atoms with E-state index in [0.717, 1.165) is 12.1 Å². The number of anilines is 1. The van der Waals surface area contributed by atoms with Gasteiger partial charge in [0.15, 0.2) is 0 Å². The van der Waals surface area contributed by atoms with Crippen LogP contribution in [0, 0.1) is 0 Å². The maximum absolute atomic E-state index is 12.2. The lowest BCUT2D eigenvalue weighted by molar-refractivity contribution is -0.274. The van der Waals surface area contributed by atoms with Gasteiger partial charge in [-0.1, -0.05) is 0 Å². The van der Waals surface area contributed by atoms with E-state index < -0.39 is 18.4 Å². The van der Waals surface area contributed by atoms with E-state index in [4.69, 9.17) is 9.84 Å². The molecule has 31 heavy (non-hydrogen) atoms. The first-order valence-corrected chi connectivity index (χ1v) is 9.36. The third-order valence-corrected chi connectivity index (χ3v) is 4.45. The normalized spacial score (nSPS) is 15.2. The minimum atomic E-state index is -4.77. The fraction of sp³-hybridized carbons (Fsp3) is 0.300. The number of halogens is 3. The first-order chi connectivity index (χ1) is 14.7. The number of nitrogens with one attached hydrogen (secondary N) is 2. The fourth-order valence-corrected chi connectivity index (χ4v) is 3.00. The second-order valence-corrected chi connectivity index (χ2v) is 6.77. The summed E-state index contributed by atoms with van der Waals surface area (Å²) in [5, 5.41) is 13.2. The number of hydrogen-bond donors (Lipinski definition) is 3. The summed E-state index contributed by atoms with van der Waals surface area (Å²) < 4.78 is 46.1. The van der Waals surface area contributed by atoms with Crippen molar-refractivity contribution in [1.82, 2.24) is 10.4 Å². The number of carbonyl (C=O) groups is 2. The van der Waals surface area contributed by atoms with Gasteiger partial charge in [0, 0.05) is 18.8 Å². The Morgan fingerprint density at radius 2 is 1.55 bits per heavy atom. The highest BCUT2D eigenvalue weighted by Crippen LogP contribution is 2.24. The predicted molar refractivity (Wildman–Crippen MR) is 104 cm³/mol. The van der Waals surface area contributed by atoms with Crippen molar-refractivity contribution in [2.75, 3.05) is 18.4 Å². The molecule has 8 nitrogen and oxygen atoms in total. The molecule has 0 saturated carbocycles. The highest BCUT2D eigenvalue weighted by Gasteiger charge is 2.31. The van der Waals surface area contributed by atoms with Crippen LogP contribution in [0.3, 0.4) is 0 Å². The number of benzene rings is 2. The Morgan fingerprint density at radius 3 is 2.10 bits per heavy atom. The second-order valence-electron chi connectivity index (χ2n) is 6.77. The Hall–Kier alpha value is -3.47. The molecule has 1 heterocycles. The Morgan fingerprint density at radius 1 is 0.968 bits per heavy atom. The van der Waals surface area contributed by atoms with Gasteiger partial charge in [-0.15, -0.1) is 13.2 Å². The quantitative estimate of drug-likeness (QED) is 0.632. The van der Waals surface area contributed by atoms with Crippen LogP contribution in [0.5, 0.6) is 11.5 Å².